The van der Waals surface area contributed by atoms with Crippen LogP contribution in [0.3, 0.4) is 0 Å². The molecule has 4 aromatic rings. The Hall–Kier alpha value is -3.65. The number of nitrogens with one attached hydrogen (secondary N) is 1. The van der Waals surface area contributed by atoms with E-state index in [0.29, 0.717) is 17.2 Å². The molecule has 0 radical (unpaired) electrons. The third-order valence-electron chi connectivity index (χ3n) is 5.65. The van der Waals surface area contributed by atoms with Gasteiger partial charge in [-0.1, -0.05) is 18.2 Å². The Morgan fingerprint density at radius 2 is 2.00 bits per heavy atom. The molecular formula is C23H21FN6O. The molecule has 0 amide bonds. The van der Waals surface area contributed by atoms with Crippen LogP contribution in [0.1, 0.15) is 25.0 Å². The summed E-state index contributed by atoms with van der Waals surface area (Å²) in [6.45, 7) is 3.39. The van der Waals surface area contributed by atoms with Crippen molar-refractivity contribution in [1.29, 1.82) is 0 Å². The van der Waals surface area contributed by atoms with E-state index in [1.54, 1.807) is 48.4 Å². The number of halogens is 1. The maximum absolute atomic E-state index is 14.4. The molecule has 5 rings (SSSR count). The summed E-state index contributed by atoms with van der Waals surface area (Å²) in [7, 11) is 1.86. The second kappa shape index (κ2) is 6.95. The highest BCUT2D eigenvalue weighted by molar-refractivity contribution is 6.19. The summed E-state index contributed by atoms with van der Waals surface area (Å²) in [5.74, 6) is 0.00348. The number of aromatic nitrogens is 4. The van der Waals surface area contributed by atoms with Crippen LogP contribution in [0.4, 0.5) is 4.39 Å². The summed E-state index contributed by atoms with van der Waals surface area (Å²) in [6, 6.07) is 7.80. The Morgan fingerprint density at radius 1 is 1.19 bits per heavy atom. The van der Waals surface area contributed by atoms with Gasteiger partial charge in [0, 0.05) is 53.3 Å². The normalized spacial score (nSPS) is 18.2. The van der Waals surface area contributed by atoms with E-state index in [9.17, 15) is 9.50 Å². The lowest BCUT2D eigenvalue weighted by atomic mass is 9.87. The van der Waals surface area contributed by atoms with E-state index in [-0.39, 0.29) is 5.56 Å². The summed E-state index contributed by atoms with van der Waals surface area (Å²) in [6.07, 6.45) is 7.30. The number of hydrogen-bond acceptors (Lipinski definition) is 5. The maximum atomic E-state index is 14.4. The van der Waals surface area contributed by atoms with E-state index in [2.05, 4.69) is 25.1 Å². The number of aliphatic hydroxyl groups is 1. The quantitative estimate of drug-likeness (QED) is 0.533. The minimum absolute atomic E-state index is 0.177. The van der Waals surface area contributed by atoms with Gasteiger partial charge in [-0.2, -0.15) is 5.10 Å². The monoisotopic (exact) mass is 416 g/mol. The van der Waals surface area contributed by atoms with Gasteiger partial charge in [0.2, 0.25) is 0 Å². The van der Waals surface area contributed by atoms with Gasteiger partial charge in [0.15, 0.2) is 5.84 Å². The first-order chi connectivity index (χ1) is 14.8. The molecule has 0 bridgehead atoms. The minimum Gasteiger partial charge on any atom is -0.379 e. The number of nitrogens with zero attached hydrogens (tertiary/aromatic N) is 5. The molecule has 4 heterocycles. The fourth-order valence-electron chi connectivity index (χ4n) is 4.04. The first-order valence-corrected chi connectivity index (χ1v) is 9.95. The van der Waals surface area contributed by atoms with E-state index in [4.69, 9.17) is 0 Å². The molecule has 8 heteroatoms. The number of H-pyrrole nitrogens is 1. The number of aliphatic imine (C=N–C) groups is 2. The third kappa shape index (κ3) is 3.16. The molecule has 156 valence electrons. The van der Waals surface area contributed by atoms with Crippen molar-refractivity contribution in [3.05, 3.63) is 72.1 Å². The summed E-state index contributed by atoms with van der Waals surface area (Å²) < 4.78 is 16.1. The smallest absolute Gasteiger partial charge is 0.157 e. The molecule has 0 spiro atoms. The predicted octanol–water partition coefficient (Wildman–Crippen LogP) is 3.60. The van der Waals surface area contributed by atoms with Gasteiger partial charge < -0.3 is 10.1 Å². The number of benzene rings is 1. The third-order valence-corrected chi connectivity index (χ3v) is 5.65. The van der Waals surface area contributed by atoms with Gasteiger partial charge in [0.05, 0.1) is 18.0 Å². The van der Waals surface area contributed by atoms with Crippen molar-refractivity contribution in [3.8, 4) is 11.1 Å². The van der Waals surface area contributed by atoms with Gasteiger partial charge in [-0.15, -0.1) is 0 Å². The van der Waals surface area contributed by atoms with Crippen LogP contribution in [0, 0.1) is 5.82 Å². The number of rotatable bonds is 4. The standard InChI is InChI=1S/C23H21FN6O/c1-13-20(23(2,31)18-6-4-5-7-19(18)24)29-22(28-13)17-11-26-21-16(17)8-14(9-25-21)15-10-27-30(3)12-15/h4-13,31H,1-3H3,(H,25,26). The first-order valence-electron chi connectivity index (χ1n) is 9.95. The van der Waals surface area contributed by atoms with Crippen LogP contribution in [0.15, 0.2) is 65.1 Å². The van der Waals surface area contributed by atoms with Crippen molar-refractivity contribution in [2.45, 2.75) is 25.5 Å². The lowest BCUT2D eigenvalue weighted by Gasteiger charge is -2.26. The number of amidine groups is 1. The highest BCUT2D eigenvalue weighted by atomic mass is 19.1. The topological polar surface area (TPSA) is 91.5 Å². The molecule has 0 saturated heterocycles. The van der Waals surface area contributed by atoms with Gasteiger partial charge in [0.25, 0.3) is 0 Å². The van der Waals surface area contributed by atoms with E-state index in [0.717, 1.165) is 22.1 Å². The summed E-state index contributed by atoms with van der Waals surface area (Å²) >= 11 is 0. The molecule has 7 nitrogen and oxygen atoms in total. The predicted molar refractivity (Wildman–Crippen MR) is 118 cm³/mol. The number of hydrogen-bond donors (Lipinski definition) is 2. The van der Waals surface area contributed by atoms with Crippen LogP contribution in [0.2, 0.25) is 0 Å². The molecule has 1 aromatic carbocycles. The average molecular weight is 416 g/mol. The number of pyridine rings is 1. The van der Waals surface area contributed by atoms with Crippen LogP contribution < -0.4 is 0 Å². The zero-order valence-electron chi connectivity index (χ0n) is 17.3. The van der Waals surface area contributed by atoms with Crippen LogP contribution in [0.25, 0.3) is 22.2 Å². The second-order valence-electron chi connectivity index (χ2n) is 7.90. The van der Waals surface area contributed by atoms with E-state index in [1.165, 1.54) is 6.07 Å². The Kier molecular flexibility index (Phi) is 4.33. The first kappa shape index (κ1) is 19.3. The Bertz CT molecular complexity index is 1360. The SMILES string of the molecule is CC1N=C(c2c[nH]c3ncc(-c4cnn(C)c4)cc23)N=C1C(C)(O)c1ccccc1F. The van der Waals surface area contributed by atoms with Crippen molar-refractivity contribution in [2.75, 3.05) is 0 Å². The molecule has 3 aromatic heterocycles. The van der Waals surface area contributed by atoms with Crippen LogP contribution in [-0.4, -0.2) is 42.4 Å². The average Bonchev–Trinajstić information content (AvgIpc) is 3.45. The number of fused-ring (bicyclic) bond motifs is 1. The zero-order chi connectivity index (χ0) is 21.8. The van der Waals surface area contributed by atoms with Gasteiger partial charge >= 0.3 is 0 Å². The lowest BCUT2D eigenvalue weighted by Crippen LogP contribution is -2.37. The highest BCUT2D eigenvalue weighted by Gasteiger charge is 2.38. The summed E-state index contributed by atoms with van der Waals surface area (Å²) in [5, 5.41) is 16.3. The molecule has 0 saturated carbocycles. The molecule has 0 aliphatic carbocycles. The highest BCUT2D eigenvalue weighted by Crippen LogP contribution is 2.32. The van der Waals surface area contributed by atoms with E-state index < -0.39 is 17.5 Å². The molecule has 2 unspecified atom stereocenters. The Labute approximate surface area is 178 Å². The fraction of sp³-hybridized carbons (Fsp3) is 0.217. The van der Waals surface area contributed by atoms with Gasteiger partial charge in [-0.25, -0.2) is 14.4 Å². The van der Waals surface area contributed by atoms with Gasteiger partial charge in [-0.05, 0) is 26.0 Å². The Balaban J connectivity index is 1.57. The van der Waals surface area contributed by atoms with E-state index in [1.807, 2.05) is 26.2 Å². The van der Waals surface area contributed by atoms with Crippen LogP contribution in [-0.2, 0) is 12.6 Å². The summed E-state index contributed by atoms with van der Waals surface area (Å²) in [4.78, 5) is 17.0. The molecule has 2 N–H and O–H groups in total. The van der Waals surface area contributed by atoms with Crippen molar-refractivity contribution < 1.29 is 9.50 Å². The van der Waals surface area contributed by atoms with Crippen molar-refractivity contribution in [2.24, 2.45) is 17.0 Å². The molecule has 31 heavy (non-hydrogen) atoms. The second-order valence-corrected chi connectivity index (χ2v) is 7.90. The van der Waals surface area contributed by atoms with Gasteiger partial charge in [0.1, 0.15) is 17.1 Å². The van der Waals surface area contributed by atoms with Crippen molar-refractivity contribution >= 4 is 22.6 Å². The minimum atomic E-state index is -1.58. The van der Waals surface area contributed by atoms with Gasteiger partial charge in [-0.3, -0.25) is 9.67 Å². The number of aryl methyl sites for hydroxylation is 1. The molecule has 2 atom stereocenters. The lowest BCUT2D eigenvalue weighted by molar-refractivity contribution is 0.126. The Morgan fingerprint density at radius 3 is 2.74 bits per heavy atom. The van der Waals surface area contributed by atoms with Crippen molar-refractivity contribution in [3.63, 3.8) is 0 Å². The molecule has 1 aliphatic rings. The maximum Gasteiger partial charge on any atom is 0.157 e. The largest absolute Gasteiger partial charge is 0.379 e. The number of aromatic amines is 1. The molecular weight excluding hydrogens is 395 g/mol. The van der Waals surface area contributed by atoms with E-state index >= 15 is 0 Å². The zero-order valence-corrected chi connectivity index (χ0v) is 17.3. The van der Waals surface area contributed by atoms with Crippen LogP contribution in [0.5, 0.6) is 0 Å². The van der Waals surface area contributed by atoms with Crippen molar-refractivity contribution in [1.82, 2.24) is 19.7 Å². The molecule has 0 fully saturated rings. The fourth-order valence-corrected chi connectivity index (χ4v) is 4.04. The summed E-state index contributed by atoms with van der Waals surface area (Å²) in [5.41, 5.74) is 2.37. The molecule has 1 aliphatic heterocycles. The van der Waals surface area contributed by atoms with Crippen LogP contribution >= 0.6 is 0 Å².